The van der Waals surface area contributed by atoms with Crippen LogP contribution in [-0.4, -0.2) is 63.3 Å². The number of carbonyl (C=O) groups is 1. The second-order valence-corrected chi connectivity index (χ2v) is 7.76. The van der Waals surface area contributed by atoms with E-state index in [1.165, 1.54) is 56.7 Å². The van der Waals surface area contributed by atoms with Crippen LogP contribution in [0, 0.1) is 11.8 Å². The topological polar surface area (TPSA) is 44.8 Å². The zero-order valence-corrected chi connectivity index (χ0v) is 15.1. The van der Waals surface area contributed by atoms with Crippen molar-refractivity contribution in [3.63, 3.8) is 0 Å². The van der Waals surface area contributed by atoms with Crippen LogP contribution in [0.1, 0.15) is 18.4 Å². The minimum atomic E-state index is -0.00429. The smallest absolute Gasteiger partial charge is 0.246 e. The van der Waals surface area contributed by atoms with Crippen molar-refractivity contribution in [3.8, 4) is 0 Å². The molecule has 0 aromatic heterocycles. The van der Waals surface area contributed by atoms with Crippen molar-refractivity contribution in [2.75, 3.05) is 51.3 Å². The lowest BCUT2D eigenvalue weighted by atomic mass is 9.75. The highest BCUT2D eigenvalue weighted by Crippen LogP contribution is 2.38. The predicted octanol–water partition coefficient (Wildman–Crippen LogP) is 1.52. The monoisotopic (exact) mass is 343 g/mol. The maximum absolute atomic E-state index is 11.6. The largest absolute Gasteiger partial charge is 0.375 e. The molecule has 5 heteroatoms. The molecule has 4 heterocycles. The third kappa shape index (κ3) is 3.53. The fraction of sp³-hybridized carbons (Fsp3) is 0.650. The first-order valence-electron chi connectivity index (χ1n) is 9.57. The zero-order chi connectivity index (χ0) is 17.2. The third-order valence-electron chi connectivity index (χ3n) is 6.26. The normalized spacial score (nSPS) is 30.4. The molecule has 1 aromatic carbocycles. The second kappa shape index (κ2) is 7.34. The Kier molecular flexibility index (Phi) is 4.95. The molecular formula is C20H29N3O2. The molecule has 1 unspecified atom stereocenters. The van der Waals surface area contributed by atoms with Gasteiger partial charge in [-0.05, 0) is 49.3 Å². The first-order valence-corrected chi connectivity index (χ1v) is 9.57. The molecule has 0 radical (unpaired) electrons. The molecule has 136 valence electrons. The highest BCUT2D eigenvalue weighted by molar-refractivity contribution is 5.77. The Hall–Kier alpha value is -1.59. The number of anilines is 1. The number of hydrogen-bond acceptors (Lipinski definition) is 4. The molecule has 4 aliphatic rings. The molecule has 3 fully saturated rings. The van der Waals surface area contributed by atoms with E-state index >= 15 is 0 Å². The molecule has 1 N–H and O–H groups in total. The Labute approximate surface area is 150 Å². The van der Waals surface area contributed by atoms with E-state index < -0.39 is 0 Å². The number of methoxy groups -OCH3 is 1. The summed E-state index contributed by atoms with van der Waals surface area (Å²) in [4.78, 5) is 16.8. The SMILES string of the molecule is COCC(=O)NC[C@H]1C[C@H]2CCN1C[C@@H]2CN1CCc2ccccc21. The van der Waals surface area contributed by atoms with Gasteiger partial charge in [0.15, 0.2) is 0 Å². The second-order valence-electron chi connectivity index (χ2n) is 7.76. The number of piperidine rings is 3. The molecule has 1 amide bonds. The van der Waals surface area contributed by atoms with Crippen molar-refractivity contribution in [2.45, 2.75) is 25.3 Å². The van der Waals surface area contributed by atoms with Gasteiger partial charge >= 0.3 is 0 Å². The van der Waals surface area contributed by atoms with Gasteiger partial charge < -0.3 is 15.0 Å². The maximum Gasteiger partial charge on any atom is 0.246 e. The van der Waals surface area contributed by atoms with Crippen LogP contribution in [-0.2, 0) is 16.0 Å². The van der Waals surface area contributed by atoms with Crippen molar-refractivity contribution < 1.29 is 9.53 Å². The molecule has 25 heavy (non-hydrogen) atoms. The van der Waals surface area contributed by atoms with E-state index in [0.29, 0.717) is 6.04 Å². The van der Waals surface area contributed by atoms with Crippen molar-refractivity contribution in [2.24, 2.45) is 11.8 Å². The van der Waals surface area contributed by atoms with E-state index in [-0.39, 0.29) is 12.5 Å². The van der Waals surface area contributed by atoms with Gasteiger partial charge in [0.25, 0.3) is 0 Å². The quantitative estimate of drug-likeness (QED) is 0.851. The van der Waals surface area contributed by atoms with E-state index in [9.17, 15) is 4.79 Å². The van der Waals surface area contributed by atoms with Crippen LogP contribution in [0.15, 0.2) is 24.3 Å². The Morgan fingerprint density at radius 3 is 3.00 bits per heavy atom. The molecule has 5 nitrogen and oxygen atoms in total. The van der Waals surface area contributed by atoms with Crippen LogP contribution in [0.2, 0.25) is 0 Å². The van der Waals surface area contributed by atoms with Crippen molar-refractivity contribution in [3.05, 3.63) is 29.8 Å². The third-order valence-corrected chi connectivity index (χ3v) is 6.26. The number of para-hydroxylation sites is 1. The van der Waals surface area contributed by atoms with Crippen LogP contribution >= 0.6 is 0 Å². The Morgan fingerprint density at radius 2 is 2.20 bits per heavy atom. The summed E-state index contributed by atoms with van der Waals surface area (Å²) in [5.41, 5.74) is 2.95. The van der Waals surface area contributed by atoms with Crippen molar-refractivity contribution in [1.82, 2.24) is 10.2 Å². The highest BCUT2D eigenvalue weighted by atomic mass is 16.5. The molecule has 2 bridgehead atoms. The standard InChI is InChI=1S/C20H29N3O2/c1-25-14-20(24)21-11-18-10-16-7-8-22(18)12-17(16)13-23-9-6-15-4-2-3-5-19(15)23/h2-5,16-18H,6-14H2,1H3,(H,21,24)/t16-,17-,18-/m1/s1. The Balaban J connectivity index is 1.33. The number of carbonyl (C=O) groups excluding carboxylic acids is 1. The summed E-state index contributed by atoms with van der Waals surface area (Å²) in [5.74, 6) is 1.54. The molecular weight excluding hydrogens is 314 g/mol. The van der Waals surface area contributed by atoms with Gasteiger partial charge in [-0.1, -0.05) is 18.2 Å². The minimum Gasteiger partial charge on any atom is -0.375 e. The number of ether oxygens (including phenoxy) is 1. The van der Waals surface area contributed by atoms with E-state index in [4.69, 9.17) is 4.74 Å². The predicted molar refractivity (Wildman–Crippen MR) is 98.8 cm³/mol. The van der Waals surface area contributed by atoms with Crippen LogP contribution < -0.4 is 10.2 Å². The molecule has 3 saturated heterocycles. The lowest BCUT2D eigenvalue weighted by Crippen LogP contribution is -2.58. The van der Waals surface area contributed by atoms with Gasteiger partial charge in [-0.3, -0.25) is 9.69 Å². The van der Waals surface area contributed by atoms with Gasteiger partial charge in [0.1, 0.15) is 6.61 Å². The van der Waals surface area contributed by atoms with Crippen LogP contribution in [0.4, 0.5) is 5.69 Å². The van der Waals surface area contributed by atoms with Crippen LogP contribution in [0.25, 0.3) is 0 Å². The molecule has 1 aromatic rings. The number of benzene rings is 1. The number of amides is 1. The summed E-state index contributed by atoms with van der Waals surface area (Å²) in [6.07, 6.45) is 3.71. The van der Waals surface area contributed by atoms with Crippen molar-refractivity contribution in [1.29, 1.82) is 0 Å². The van der Waals surface area contributed by atoms with Gasteiger partial charge in [0.05, 0.1) is 0 Å². The highest BCUT2D eigenvalue weighted by Gasteiger charge is 2.41. The van der Waals surface area contributed by atoms with Crippen LogP contribution in [0.5, 0.6) is 0 Å². The molecule has 4 atom stereocenters. The molecule has 0 spiro atoms. The molecule has 5 rings (SSSR count). The number of nitrogens with zero attached hydrogens (tertiary/aromatic N) is 2. The Bertz CT molecular complexity index is 621. The van der Waals surface area contributed by atoms with Gasteiger partial charge in [0.2, 0.25) is 5.91 Å². The average Bonchev–Trinajstić information content (AvgIpc) is 3.04. The molecule has 0 saturated carbocycles. The van der Waals surface area contributed by atoms with E-state index in [1.54, 1.807) is 7.11 Å². The Morgan fingerprint density at radius 1 is 1.32 bits per heavy atom. The molecule has 0 aliphatic carbocycles. The average molecular weight is 343 g/mol. The first-order chi connectivity index (χ1) is 12.2. The van der Waals surface area contributed by atoms with E-state index in [1.807, 2.05) is 0 Å². The fourth-order valence-corrected chi connectivity index (χ4v) is 4.96. The maximum atomic E-state index is 11.6. The number of fused-ring (bicyclic) bond motifs is 4. The lowest BCUT2D eigenvalue weighted by molar-refractivity contribution is -0.125. The lowest BCUT2D eigenvalue weighted by Gasteiger charge is -2.51. The minimum absolute atomic E-state index is 0.00429. The summed E-state index contributed by atoms with van der Waals surface area (Å²) >= 11 is 0. The molecule has 4 aliphatic heterocycles. The summed E-state index contributed by atoms with van der Waals surface area (Å²) in [6, 6.07) is 9.36. The zero-order valence-electron chi connectivity index (χ0n) is 15.1. The number of nitrogens with one attached hydrogen (secondary N) is 1. The van der Waals surface area contributed by atoms with Gasteiger partial charge in [-0.2, -0.15) is 0 Å². The van der Waals surface area contributed by atoms with Crippen molar-refractivity contribution >= 4 is 11.6 Å². The van der Waals surface area contributed by atoms with Gasteiger partial charge in [-0.15, -0.1) is 0 Å². The van der Waals surface area contributed by atoms with E-state index in [2.05, 4.69) is 39.4 Å². The van der Waals surface area contributed by atoms with E-state index in [0.717, 1.165) is 18.4 Å². The number of rotatable bonds is 6. The number of hydrogen-bond donors (Lipinski definition) is 1. The first kappa shape index (κ1) is 16.9. The summed E-state index contributed by atoms with van der Waals surface area (Å²) in [6.45, 7) is 5.63. The fourth-order valence-electron chi connectivity index (χ4n) is 4.96. The summed E-state index contributed by atoms with van der Waals surface area (Å²) in [5, 5.41) is 3.02. The van der Waals surface area contributed by atoms with Crippen LogP contribution in [0.3, 0.4) is 0 Å². The van der Waals surface area contributed by atoms with Gasteiger partial charge in [0, 0.05) is 45.0 Å². The summed E-state index contributed by atoms with van der Waals surface area (Å²) < 4.78 is 4.89. The van der Waals surface area contributed by atoms with Gasteiger partial charge in [-0.25, -0.2) is 0 Å². The summed E-state index contributed by atoms with van der Waals surface area (Å²) in [7, 11) is 1.56.